The van der Waals surface area contributed by atoms with Gasteiger partial charge in [-0.1, -0.05) is 32.1 Å². The van der Waals surface area contributed by atoms with Crippen LogP contribution in [0.1, 0.15) is 51.9 Å². The maximum atomic E-state index is 14.7. The van der Waals surface area contributed by atoms with Gasteiger partial charge in [-0.05, 0) is 37.5 Å². The molecule has 3 aliphatic rings. The van der Waals surface area contributed by atoms with Gasteiger partial charge in [-0.3, -0.25) is 0 Å². The highest BCUT2D eigenvalue weighted by atomic mass is 19.4. The molecule has 0 N–H and O–H groups in total. The van der Waals surface area contributed by atoms with E-state index in [1.807, 2.05) is 0 Å². The second kappa shape index (κ2) is 5.68. The molecule has 0 aromatic rings. The lowest BCUT2D eigenvalue weighted by Crippen LogP contribution is -2.83. The molecule has 3 fully saturated rings. The molecule has 0 bridgehead atoms. The van der Waals surface area contributed by atoms with E-state index in [1.165, 1.54) is 0 Å². The fourth-order valence-electron chi connectivity index (χ4n) is 5.56. The van der Waals surface area contributed by atoms with Crippen molar-refractivity contribution >= 4 is 0 Å². The first-order valence-electron chi connectivity index (χ1n) is 8.98. The lowest BCUT2D eigenvalue weighted by Gasteiger charge is -2.60. The molecule has 3 atom stereocenters. The van der Waals surface area contributed by atoms with Gasteiger partial charge in [-0.15, -0.1) is 0 Å². The summed E-state index contributed by atoms with van der Waals surface area (Å²) in [6.07, 6.45) is 2.04. The van der Waals surface area contributed by atoms with Crippen LogP contribution in [0.3, 0.4) is 0 Å². The van der Waals surface area contributed by atoms with Crippen LogP contribution in [0.4, 0.5) is 43.9 Å². The van der Waals surface area contributed by atoms with Gasteiger partial charge < -0.3 is 0 Å². The normalized spacial score (nSPS) is 40.8. The first kappa shape index (κ1) is 21.0. The summed E-state index contributed by atoms with van der Waals surface area (Å²) >= 11 is 0. The molecule has 158 valence electrons. The van der Waals surface area contributed by atoms with E-state index >= 15 is 0 Å². The number of hydrogen-bond acceptors (Lipinski definition) is 0. The third-order valence-electron chi connectivity index (χ3n) is 7.20. The summed E-state index contributed by atoms with van der Waals surface area (Å²) in [5, 5.41) is 0. The van der Waals surface area contributed by atoms with Crippen molar-refractivity contribution in [3.05, 3.63) is 0 Å². The summed E-state index contributed by atoms with van der Waals surface area (Å²) in [6, 6.07) is 0. The zero-order chi connectivity index (χ0) is 20.7. The summed E-state index contributed by atoms with van der Waals surface area (Å²) in [4.78, 5) is 0. The van der Waals surface area contributed by atoms with Crippen molar-refractivity contribution in [1.82, 2.24) is 0 Å². The van der Waals surface area contributed by atoms with Crippen LogP contribution >= 0.6 is 0 Å². The van der Waals surface area contributed by atoms with Gasteiger partial charge >= 0.3 is 29.6 Å². The average Bonchev–Trinajstić information content (AvgIpc) is 2.58. The van der Waals surface area contributed by atoms with Crippen LogP contribution in [0.5, 0.6) is 0 Å². The molecule has 3 saturated carbocycles. The molecular weight excluding hydrogens is 394 g/mol. The van der Waals surface area contributed by atoms with Crippen LogP contribution in [0.25, 0.3) is 0 Å². The van der Waals surface area contributed by atoms with Crippen LogP contribution in [-0.4, -0.2) is 29.6 Å². The first-order valence-corrected chi connectivity index (χ1v) is 8.98. The van der Waals surface area contributed by atoms with Crippen LogP contribution in [-0.2, 0) is 0 Å². The zero-order valence-corrected chi connectivity index (χ0v) is 14.5. The Kier molecular flexibility index (Phi) is 4.42. The second-order valence-corrected chi connectivity index (χ2v) is 8.32. The molecule has 3 aliphatic carbocycles. The zero-order valence-electron chi connectivity index (χ0n) is 14.5. The Morgan fingerprint density at radius 2 is 0.926 bits per heavy atom. The van der Waals surface area contributed by atoms with E-state index in [2.05, 4.69) is 0 Å². The number of alkyl halides is 10. The first-order chi connectivity index (χ1) is 12.1. The van der Waals surface area contributed by atoms with E-state index < -0.39 is 53.3 Å². The third kappa shape index (κ3) is 2.13. The molecule has 3 unspecified atom stereocenters. The maximum absolute atomic E-state index is 14.7. The topological polar surface area (TPSA) is 0 Å². The molecule has 0 aromatic heterocycles. The fourth-order valence-corrected chi connectivity index (χ4v) is 5.56. The quantitative estimate of drug-likeness (QED) is 0.415. The summed E-state index contributed by atoms with van der Waals surface area (Å²) in [6.45, 7) is -0.0499. The predicted molar refractivity (Wildman–Crippen MR) is 75.6 cm³/mol. The van der Waals surface area contributed by atoms with Gasteiger partial charge in [0.1, 0.15) is 5.41 Å². The fraction of sp³-hybridized carbons (Fsp3) is 1.00. The van der Waals surface area contributed by atoms with Crippen LogP contribution in [0, 0.1) is 23.2 Å². The molecule has 10 heteroatoms. The van der Waals surface area contributed by atoms with Gasteiger partial charge in [0, 0.05) is 0 Å². The number of halogens is 10. The Morgan fingerprint density at radius 1 is 0.519 bits per heavy atom. The Balaban J connectivity index is 2.21. The summed E-state index contributed by atoms with van der Waals surface area (Å²) in [7, 11) is 0. The van der Waals surface area contributed by atoms with Crippen LogP contribution in [0.15, 0.2) is 0 Å². The molecule has 3 rings (SSSR count). The largest absolute Gasteiger partial charge is 0.384 e. The van der Waals surface area contributed by atoms with Crippen molar-refractivity contribution in [3.63, 3.8) is 0 Å². The van der Waals surface area contributed by atoms with Crippen molar-refractivity contribution in [2.24, 2.45) is 23.2 Å². The molecule has 27 heavy (non-hydrogen) atoms. The van der Waals surface area contributed by atoms with Gasteiger partial charge in [0.05, 0.1) is 0 Å². The minimum absolute atomic E-state index is 0.0499. The number of hydrogen-bond donors (Lipinski definition) is 0. The minimum Gasteiger partial charge on any atom is -0.199 e. The molecule has 0 heterocycles. The standard InChI is InChI=1S/C17H20F10/c1-12(11-8-4-6-9-5-2-3-7-10(9)11)13(18,19)15(22,23)17(26,27)16(24,25)14(12,20)21/h9-11H,2-8H2,1H3. The molecule has 0 amide bonds. The van der Waals surface area contributed by atoms with Crippen LogP contribution in [0.2, 0.25) is 0 Å². The van der Waals surface area contributed by atoms with Gasteiger partial charge in [-0.25, -0.2) is 0 Å². The van der Waals surface area contributed by atoms with Crippen LogP contribution < -0.4 is 0 Å². The Labute approximate surface area is 149 Å². The predicted octanol–water partition coefficient (Wildman–Crippen LogP) is 6.79. The van der Waals surface area contributed by atoms with E-state index in [9.17, 15) is 43.9 Å². The number of fused-ring (bicyclic) bond motifs is 1. The Hall–Kier alpha value is -0.700. The second-order valence-electron chi connectivity index (χ2n) is 8.32. The van der Waals surface area contributed by atoms with Gasteiger partial charge in [0.15, 0.2) is 0 Å². The van der Waals surface area contributed by atoms with E-state index in [4.69, 9.17) is 0 Å². The molecule has 0 spiro atoms. The van der Waals surface area contributed by atoms with E-state index in [-0.39, 0.29) is 25.7 Å². The molecular formula is C17H20F10. The van der Waals surface area contributed by atoms with Crippen molar-refractivity contribution < 1.29 is 43.9 Å². The Morgan fingerprint density at radius 3 is 1.44 bits per heavy atom. The summed E-state index contributed by atoms with van der Waals surface area (Å²) < 4.78 is 142. The van der Waals surface area contributed by atoms with Gasteiger partial charge in [-0.2, -0.15) is 43.9 Å². The SMILES string of the molecule is CC1(C2CCCC3CCCCC32)C(F)(F)C(F)(F)C(F)(F)C(F)(F)C1(F)F. The highest BCUT2D eigenvalue weighted by Gasteiger charge is 2.99. The van der Waals surface area contributed by atoms with Crippen molar-refractivity contribution in [3.8, 4) is 0 Å². The van der Waals surface area contributed by atoms with Crippen molar-refractivity contribution in [2.75, 3.05) is 0 Å². The van der Waals surface area contributed by atoms with E-state index in [0.717, 1.165) is 0 Å². The highest BCUT2D eigenvalue weighted by Crippen LogP contribution is 2.75. The summed E-state index contributed by atoms with van der Waals surface area (Å²) in [5.41, 5.74) is -4.30. The third-order valence-corrected chi connectivity index (χ3v) is 7.20. The smallest absolute Gasteiger partial charge is 0.199 e. The minimum atomic E-state index is -6.88. The molecule has 0 nitrogen and oxygen atoms in total. The maximum Gasteiger partial charge on any atom is 0.384 e. The van der Waals surface area contributed by atoms with Gasteiger partial charge in [0.25, 0.3) is 0 Å². The van der Waals surface area contributed by atoms with Crippen molar-refractivity contribution in [2.45, 2.75) is 81.5 Å². The lowest BCUT2D eigenvalue weighted by molar-refractivity contribution is -0.494. The summed E-state index contributed by atoms with van der Waals surface area (Å²) in [5.74, 6) is -35.3. The van der Waals surface area contributed by atoms with Gasteiger partial charge in [0.2, 0.25) is 0 Å². The monoisotopic (exact) mass is 414 g/mol. The van der Waals surface area contributed by atoms with E-state index in [1.54, 1.807) is 0 Å². The van der Waals surface area contributed by atoms with Crippen molar-refractivity contribution in [1.29, 1.82) is 0 Å². The Bertz CT molecular complexity index is 565. The highest BCUT2D eigenvalue weighted by molar-refractivity contribution is 5.25. The van der Waals surface area contributed by atoms with E-state index in [0.29, 0.717) is 25.7 Å². The molecule has 0 aromatic carbocycles. The molecule has 0 aliphatic heterocycles. The average molecular weight is 414 g/mol. The number of rotatable bonds is 1. The molecule has 0 radical (unpaired) electrons. The molecule has 0 saturated heterocycles. The lowest BCUT2D eigenvalue weighted by atomic mass is 9.50.